The summed E-state index contributed by atoms with van der Waals surface area (Å²) in [6.45, 7) is 2.06. The monoisotopic (exact) mass is 210 g/mol. The molecule has 0 radical (unpaired) electrons. The summed E-state index contributed by atoms with van der Waals surface area (Å²) >= 11 is 1.73. The largest absolute Gasteiger partial charge is 0.243 e. The van der Waals surface area contributed by atoms with Crippen LogP contribution in [0.15, 0.2) is 24.3 Å². The lowest BCUT2D eigenvalue weighted by Gasteiger charge is -2.17. The highest BCUT2D eigenvalue weighted by Crippen LogP contribution is 2.34. The third-order valence-electron chi connectivity index (χ3n) is 2.70. The van der Waals surface area contributed by atoms with Crippen molar-refractivity contribution in [1.29, 1.82) is 0 Å². The molecule has 1 aromatic carbocycles. The van der Waals surface area contributed by atoms with Gasteiger partial charge in [-0.25, -0.2) is 4.39 Å². The van der Waals surface area contributed by atoms with Crippen LogP contribution in [0.1, 0.15) is 17.5 Å². The minimum atomic E-state index is -0.945. The Morgan fingerprint density at radius 1 is 1.36 bits per heavy atom. The highest BCUT2D eigenvalue weighted by Gasteiger charge is 2.34. The zero-order valence-electron chi connectivity index (χ0n) is 8.42. The second-order valence-electron chi connectivity index (χ2n) is 4.12. The fourth-order valence-corrected chi connectivity index (χ4v) is 3.06. The van der Waals surface area contributed by atoms with E-state index in [0.29, 0.717) is 18.6 Å². The van der Waals surface area contributed by atoms with Crippen molar-refractivity contribution in [3.8, 4) is 0 Å². The van der Waals surface area contributed by atoms with Gasteiger partial charge in [0.15, 0.2) is 0 Å². The number of alkyl halides is 1. The summed E-state index contributed by atoms with van der Waals surface area (Å²) < 4.78 is 14.1. The molecule has 1 aliphatic heterocycles. The molecule has 1 aliphatic rings. The van der Waals surface area contributed by atoms with Crippen molar-refractivity contribution in [2.45, 2.75) is 25.4 Å². The molecule has 1 aromatic rings. The molecule has 0 bridgehead atoms. The minimum absolute atomic E-state index is 0.584. The standard InChI is InChI=1S/C12H15FS/c1-10-2-4-11(5-3-10)8-12(13)6-7-14-9-12/h2-5H,6-9H2,1H3. The van der Waals surface area contributed by atoms with Crippen LogP contribution in [0.4, 0.5) is 4.39 Å². The number of rotatable bonds is 2. The Labute approximate surface area is 88.9 Å². The molecule has 0 nitrogen and oxygen atoms in total. The molecule has 1 unspecified atom stereocenters. The van der Waals surface area contributed by atoms with E-state index in [1.165, 1.54) is 5.56 Å². The molecule has 1 fully saturated rings. The Morgan fingerprint density at radius 3 is 2.64 bits per heavy atom. The smallest absolute Gasteiger partial charge is 0.124 e. The molecule has 76 valence electrons. The summed E-state index contributed by atoms with van der Waals surface area (Å²) in [5.74, 6) is 1.64. The van der Waals surface area contributed by atoms with E-state index in [-0.39, 0.29) is 0 Å². The van der Waals surface area contributed by atoms with Gasteiger partial charge in [-0.1, -0.05) is 29.8 Å². The molecule has 0 amide bonds. The molecular formula is C12H15FS. The summed E-state index contributed by atoms with van der Waals surface area (Å²) in [4.78, 5) is 0. The number of hydrogen-bond donors (Lipinski definition) is 0. The molecule has 0 N–H and O–H groups in total. The third kappa shape index (κ3) is 2.30. The van der Waals surface area contributed by atoms with Crippen molar-refractivity contribution in [1.82, 2.24) is 0 Å². The summed E-state index contributed by atoms with van der Waals surface area (Å²) in [5.41, 5.74) is 1.42. The normalized spacial score (nSPS) is 26.7. The van der Waals surface area contributed by atoms with E-state index in [9.17, 15) is 4.39 Å². The first kappa shape index (κ1) is 10.0. The van der Waals surface area contributed by atoms with Crippen LogP contribution in [-0.4, -0.2) is 17.2 Å². The molecule has 0 aliphatic carbocycles. The average Bonchev–Trinajstić information content (AvgIpc) is 2.57. The molecule has 14 heavy (non-hydrogen) atoms. The SMILES string of the molecule is Cc1ccc(CC2(F)CCSC2)cc1. The molecule has 0 spiro atoms. The van der Waals surface area contributed by atoms with Crippen LogP contribution in [-0.2, 0) is 6.42 Å². The zero-order chi connectivity index (χ0) is 10.0. The van der Waals surface area contributed by atoms with Crippen molar-refractivity contribution in [3.63, 3.8) is 0 Å². The van der Waals surface area contributed by atoms with Crippen molar-refractivity contribution in [3.05, 3.63) is 35.4 Å². The number of benzene rings is 1. The molecule has 0 saturated carbocycles. The Morgan fingerprint density at radius 2 is 2.07 bits per heavy atom. The van der Waals surface area contributed by atoms with Crippen LogP contribution in [0, 0.1) is 6.92 Å². The Kier molecular flexibility index (Phi) is 2.82. The maximum absolute atomic E-state index is 14.1. The lowest BCUT2D eigenvalue weighted by atomic mass is 9.95. The van der Waals surface area contributed by atoms with Crippen LogP contribution in [0.25, 0.3) is 0 Å². The maximum atomic E-state index is 14.1. The van der Waals surface area contributed by atoms with Gasteiger partial charge in [0.2, 0.25) is 0 Å². The predicted octanol–water partition coefficient (Wildman–Crippen LogP) is 3.38. The van der Waals surface area contributed by atoms with Gasteiger partial charge in [-0.2, -0.15) is 11.8 Å². The second kappa shape index (κ2) is 3.93. The molecule has 1 saturated heterocycles. The van der Waals surface area contributed by atoms with Crippen LogP contribution in [0.5, 0.6) is 0 Å². The molecule has 1 atom stereocenters. The fourth-order valence-electron chi connectivity index (χ4n) is 1.79. The topological polar surface area (TPSA) is 0 Å². The number of aryl methyl sites for hydroxylation is 1. The Balaban J connectivity index is 2.06. The number of halogens is 1. The third-order valence-corrected chi connectivity index (χ3v) is 3.91. The van der Waals surface area contributed by atoms with E-state index in [4.69, 9.17) is 0 Å². The van der Waals surface area contributed by atoms with Gasteiger partial charge in [0, 0.05) is 12.2 Å². The molecule has 0 aromatic heterocycles. The van der Waals surface area contributed by atoms with Crippen LogP contribution < -0.4 is 0 Å². The lowest BCUT2D eigenvalue weighted by Crippen LogP contribution is -2.24. The Bertz CT molecular complexity index is 299. The average molecular weight is 210 g/mol. The minimum Gasteiger partial charge on any atom is -0.243 e. The van der Waals surface area contributed by atoms with E-state index in [2.05, 4.69) is 19.1 Å². The van der Waals surface area contributed by atoms with E-state index < -0.39 is 5.67 Å². The highest BCUT2D eigenvalue weighted by atomic mass is 32.2. The lowest BCUT2D eigenvalue weighted by molar-refractivity contribution is 0.199. The van der Waals surface area contributed by atoms with Gasteiger partial charge in [0.1, 0.15) is 5.67 Å². The van der Waals surface area contributed by atoms with Crippen molar-refractivity contribution >= 4 is 11.8 Å². The fraction of sp³-hybridized carbons (Fsp3) is 0.500. The first-order chi connectivity index (χ1) is 6.68. The van der Waals surface area contributed by atoms with E-state index in [1.54, 1.807) is 11.8 Å². The maximum Gasteiger partial charge on any atom is 0.124 e. The van der Waals surface area contributed by atoms with Crippen LogP contribution in [0.2, 0.25) is 0 Å². The van der Waals surface area contributed by atoms with Gasteiger partial charge in [-0.15, -0.1) is 0 Å². The van der Waals surface area contributed by atoms with Gasteiger partial charge in [0.25, 0.3) is 0 Å². The summed E-state index contributed by atoms with van der Waals surface area (Å²) in [7, 11) is 0. The van der Waals surface area contributed by atoms with Gasteiger partial charge < -0.3 is 0 Å². The number of thioether (sulfide) groups is 1. The quantitative estimate of drug-likeness (QED) is 0.721. The summed E-state index contributed by atoms with van der Waals surface area (Å²) in [6, 6.07) is 8.20. The molecule has 2 heteroatoms. The first-order valence-electron chi connectivity index (χ1n) is 5.00. The molecule has 1 heterocycles. The highest BCUT2D eigenvalue weighted by molar-refractivity contribution is 7.99. The van der Waals surface area contributed by atoms with Gasteiger partial charge in [0.05, 0.1) is 0 Å². The van der Waals surface area contributed by atoms with E-state index in [0.717, 1.165) is 11.3 Å². The van der Waals surface area contributed by atoms with Crippen molar-refractivity contribution in [2.24, 2.45) is 0 Å². The summed E-state index contributed by atoms with van der Waals surface area (Å²) in [6.07, 6.45) is 1.30. The van der Waals surface area contributed by atoms with Crippen LogP contribution in [0.3, 0.4) is 0 Å². The summed E-state index contributed by atoms with van der Waals surface area (Å²) in [5, 5.41) is 0. The number of hydrogen-bond acceptors (Lipinski definition) is 1. The Hall–Kier alpha value is -0.500. The second-order valence-corrected chi connectivity index (χ2v) is 5.22. The van der Waals surface area contributed by atoms with Gasteiger partial charge in [-0.05, 0) is 24.7 Å². The first-order valence-corrected chi connectivity index (χ1v) is 6.16. The van der Waals surface area contributed by atoms with Gasteiger partial charge in [-0.3, -0.25) is 0 Å². The van der Waals surface area contributed by atoms with Crippen molar-refractivity contribution < 1.29 is 4.39 Å². The molecular weight excluding hydrogens is 195 g/mol. The molecule has 2 rings (SSSR count). The van der Waals surface area contributed by atoms with E-state index in [1.807, 2.05) is 12.1 Å². The zero-order valence-corrected chi connectivity index (χ0v) is 9.24. The van der Waals surface area contributed by atoms with Crippen molar-refractivity contribution in [2.75, 3.05) is 11.5 Å². The van der Waals surface area contributed by atoms with Gasteiger partial charge >= 0.3 is 0 Å². The predicted molar refractivity (Wildman–Crippen MR) is 60.7 cm³/mol. The van der Waals surface area contributed by atoms with Crippen LogP contribution >= 0.6 is 11.8 Å². The van der Waals surface area contributed by atoms with E-state index >= 15 is 0 Å².